The largest absolute Gasteiger partial charge is 0.434 e. The minimum atomic E-state index is -4.80. The monoisotopic (exact) mass is 389 g/mol. The fourth-order valence-electron chi connectivity index (χ4n) is 3.13. The molecule has 1 amide bonds. The zero-order valence-electron chi connectivity index (χ0n) is 14.9. The highest BCUT2D eigenvalue weighted by Crippen LogP contribution is 2.31. The van der Waals surface area contributed by atoms with Crippen LogP contribution in [0.1, 0.15) is 47.3 Å². The summed E-state index contributed by atoms with van der Waals surface area (Å²) in [4.78, 5) is 19.6. The number of alkyl halides is 3. The second-order valence-electron chi connectivity index (χ2n) is 6.63. The molecule has 1 heterocycles. The normalized spacial score (nSPS) is 14.5. The predicted octanol–water partition coefficient (Wildman–Crippen LogP) is 4.03. The molecule has 0 radical (unpaired) electrons. The molecule has 0 saturated heterocycles. The molecule has 1 aromatic heterocycles. The van der Waals surface area contributed by atoms with E-state index in [0.717, 1.165) is 31.9 Å². The van der Waals surface area contributed by atoms with Crippen molar-refractivity contribution < 1.29 is 18.0 Å². The molecule has 9 heteroatoms. The topological polar surface area (TPSA) is 90.7 Å². The Morgan fingerprint density at radius 2 is 1.89 bits per heavy atom. The number of nitrogens with zero attached hydrogens (tertiary/aromatic N) is 3. The van der Waals surface area contributed by atoms with E-state index in [9.17, 15) is 18.0 Å². The van der Waals surface area contributed by atoms with Gasteiger partial charge < -0.3 is 10.6 Å². The number of hydrogen-bond donors (Lipinski definition) is 2. The van der Waals surface area contributed by atoms with Gasteiger partial charge in [-0.15, -0.1) is 0 Å². The van der Waals surface area contributed by atoms with Gasteiger partial charge in [-0.05, 0) is 43.0 Å². The predicted molar refractivity (Wildman–Crippen MR) is 95.8 cm³/mol. The second kappa shape index (κ2) is 8.25. The van der Waals surface area contributed by atoms with Gasteiger partial charge in [0.2, 0.25) is 5.95 Å². The number of hydrogen-bond acceptors (Lipinski definition) is 5. The van der Waals surface area contributed by atoms with Gasteiger partial charge in [0.1, 0.15) is 0 Å². The Labute approximate surface area is 159 Å². The SMILES string of the molecule is N#Cc1ccc(Nc2ncc(C(=O)NCC3CCCC3)c(C(F)(F)F)n2)cc1. The van der Waals surface area contributed by atoms with E-state index in [1.807, 2.05) is 6.07 Å². The third-order valence-corrected chi connectivity index (χ3v) is 4.60. The van der Waals surface area contributed by atoms with Crippen LogP contribution < -0.4 is 10.6 Å². The summed E-state index contributed by atoms with van der Waals surface area (Å²) in [5.74, 6) is -0.815. The van der Waals surface area contributed by atoms with Crippen LogP contribution in [0.25, 0.3) is 0 Å². The van der Waals surface area contributed by atoms with Gasteiger partial charge in [0.05, 0.1) is 17.2 Å². The Hall–Kier alpha value is -3.15. The smallest absolute Gasteiger partial charge is 0.352 e. The first-order valence-electron chi connectivity index (χ1n) is 8.86. The molecule has 2 N–H and O–H groups in total. The standard InChI is InChI=1S/C19H18F3N5O/c20-19(21,22)16-15(17(28)24-10-13-3-1-2-4-13)11-25-18(27-16)26-14-7-5-12(9-23)6-8-14/h5-8,11,13H,1-4,10H2,(H,24,28)(H,25,26,27). The van der Waals surface area contributed by atoms with Crippen molar-refractivity contribution in [3.05, 3.63) is 47.3 Å². The lowest BCUT2D eigenvalue weighted by Gasteiger charge is -2.15. The number of rotatable bonds is 5. The number of amides is 1. The third kappa shape index (κ3) is 4.76. The van der Waals surface area contributed by atoms with Gasteiger partial charge in [0, 0.05) is 18.4 Å². The first-order valence-corrected chi connectivity index (χ1v) is 8.86. The summed E-state index contributed by atoms with van der Waals surface area (Å²) < 4.78 is 40.3. The molecule has 1 aliphatic carbocycles. The first kappa shape index (κ1) is 19.6. The van der Waals surface area contributed by atoms with E-state index in [1.165, 1.54) is 24.3 Å². The van der Waals surface area contributed by atoms with Gasteiger partial charge >= 0.3 is 6.18 Å². The Bertz CT molecular complexity index is 884. The maximum Gasteiger partial charge on any atom is 0.434 e. The van der Waals surface area contributed by atoms with Gasteiger partial charge in [0.25, 0.3) is 5.91 Å². The molecule has 3 rings (SSSR count). The van der Waals surface area contributed by atoms with Crippen LogP contribution in [0.5, 0.6) is 0 Å². The Kier molecular flexibility index (Phi) is 5.78. The quantitative estimate of drug-likeness (QED) is 0.806. The summed E-state index contributed by atoms with van der Waals surface area (Å²) in [6, 6.07) is 8.02. The van der Waals surface area contributed by atoms with Crippen molar-refractivity contribution in [2.24, 2.45) is 5.92 Å². The van der Waals surface area contributed by atoms with Crippen molar-refractivity contribution in [3.8, 4) is 6.07 Å². The third-order valence-electron chi connectivity index (χ3n) is 4.60. The fourth-order valence-corrected chi connectivity index (χ4v) is 3.13. The lowest BCUT2D eigenvalue weighted by atomic mass is 10.1. The summed E-state index contributed by atoms with van der Waals surface area (Å²) in [6.07, 6.45) is 0.170. The van der Waals surface area contributed by atoms with E-state index < -0.39 is 23.3 Å². The number of nitriles is 1. The van der Waals surface area contributed by atoms with Crippen molar-refractivity contribution in [3.63, 3.8) is 0 Å². The first-order chi connectivity index (χ1) is 13.4. The molecule has 6 nitrogen and oxygen atoms in total. The van der Waals surface area contributed by atoms with Crippen molar-refractivity contribution in [2.75, 3.05) is 11.9 Å². The molecule has 0 spiro atoms. The van der Waals surface area contributed by atoms with Crippen LogP contribution in [-0.2, 0) is 6.18 Å². The number of halogens is 3. The minimum absolute atomic E-state index is 0.288. The minimum Gasteiger partial charge on any atom is -0.352 e. The van der Waals surface area contributed by atoms with E-state index in [4.69, 9.17) is 5.26 Å². The highest BCUT2D eigenvalue weighted by Gasteiger charge is 2.38. The molecule has 1 aliphatic rings. The summed E-state index contributed by atoms with van der Waals surface area (Å²) in [6.45, 7) is 0.349. The van der Waals surface area contributed by atoms with Crippen molar-refractivity contribution in [2.45, 2.75) is 31.9 Å². The van der Waals surface area contributed by atoms with E-state index in [2.05, 4.69) is 20.6 Å². The number of nitrogens with one attached hydrogen (secondary N) is 2. The van der Waals surface area contributed by atoms with Crippen LogP contribution in [0.4, 0.5) is 24.8 Å². The van der Waals surface area contributed by atoms with Gasteiger partial charge in [-0.25, -0.2) is 9.97 Å². The van der Waals surface area contributed by atoms with Crippen molar-refractivity contribution in [1.82, 2.24) is 15.3 Å². The van der Waals surface area contributed by atoms with E-state index in [1.54, 1.807) is 0 Å². The molecule has 0 bridgehead atoms. The van der Waals surface area contributed by atoms with Crippen LogP contribution in [0, 0.1) is 17.2 Å². The van der Waals surface area contributed by atoms with Crippen LogP contribution >= 0.6 is 0 Å². The van der Waals surface area contributed by atoms with Crippen LogP contribution in [0.3, 0.4) is 0 Å². The lowest BCUT2D eigenvalue weighted by molar-refractivity contribution is -0.141. The van der Waals surface area contributed by atoms with Crippen LogP contribution in [0.15, 0.2) is 30.5 Å². The summed E-state index contributed by atoms with van der Waals surface area (Å²) in [5, 5.41) is 14.0. The molecule has 0 atom stereocenters. The molecule has 1 aromatic carbocycles. The zero-order chi connectivity index (χ0) is 20.1. The molecule has 0 aliphatic heterocycles. The number of carbonyl (C=O) groups excluding carboxylic acids is 1. The number of anilines is 2. The van der Waals surface area contributed by atoms with Gasteiger partial charge in [-0.3, -0.25) is 4.79 Å². The molecule has 1 saturated carbocycles. The van der Waals surface area contributed by atoms with Gasteiger partial charge in [-0.1, -0.05) is 12.8 Å². The molecule has 0 unspecified atom stereocenters. The lowest BCUT2D eigenvalue weighted by Crippen LogP contribution is -2.31. The van der Waals surface area contributed by atoms with Crippen molar-refractivity contribution in [1.29, 1.82) is 5.26 Å². The Morgan fingerprint density at radius 3 is 2.50 bits per heavy atom. The number of carbonyl (C=O) groups is 1. The van der Waals surface area contributed by atoms with Crippen LogP contribution in [0.2, 0.25) is 0 Å². The molecular formula is C19H18F3N5O. The summed E-state index contributed by atoms with van der Waals surface area (Å²) >= 11 is 0. The van der Waals surface area contributed by atoms with Crippen molar-refractivity contribution >= 4 is 17.5 Å². The molecular weight excluding hydrogens is 371 g/mol. The summed E-state index contributed by atoms with van der Waals surface area (Å²) in [5.41, 5.74) is -1.05. The molecule has 2 aromatic rings. The number of benzene rings is 1. The Balaban J connectivity index is 1.78. The fraction of sp³-hybridized carbons (Fsp3) is 0.368. The van der Waals surface area contributed by atoms with E-state index >= 15 is 0 Å². The maximum absolute atomic E-state index is 13.4. The van der Waals surface area contributed by atoms with Gasteiger partial charge in [-0.2, -0.15) is 18.4 Å². The zero-order valence-corrected chi connectivity index (χ0v) is 14.9. The molecule has 1 fully saturated rings. The highest BCUT2D eigenvalue weighted by atomic mass is 19.4. The van der Waals surface area contributed by atoms with E-state index in [-0.39, 0.29) is 5.95 Å². The Morgan fingerprint density at radius 1 is 1.21 bits per heavy atom. The maximum atomic E-state index is 13.4. The molecule has 28 heavy (non-hydrogen) atoms. The second-order valence-corrected chi connectivity index (χ2v) is 6.63. The number of aromatic nitrogens is 2. The van der Waals surface area contributed by atoms with Crippen LogP contribution in [-0.4, -0.2) is 22.4 Å². The highest BCUT2D eigenvalue weighted by molar-refractivity contribution is 5.95. The van der Waals surface area contributed by atoms with E-state index in [0.29, 0.717) is 23.7 Å². The summed E-state index contributed by atoms with van der Waals surface area (Å²) in [7, 11) is 0. The molecule has 146 valence electrons. The van der Waals surface area contributed by atoms with Gasteiger partial charge in [0.15, 0.2) is 5.69 Å². The average molecular weight is 389 g/mol. The average Bonchev–Trinajstić information content (AvgIpc) is 3.19.